The number of hydrogen-bond acceptors (Lipinski definition) is 5. The van der Waals surface area contributed by atoms with E-state index < -0.39 is 0 Å². The number of rotatable bonds is 9. The van der Waals surface area contributed by atoms with Crippen molar-refractivity contribution in [2.24, 2.45) is 0 Å². The smallest absolute Gasteiger partial charge is 0.227 e. The SMILES string of the molecule is [C-]#[N+]c1cc(CC(=O)C=C)cc(-c2nc(Nc3cccc(N4CCCCC4)c3)ncc2Cc2ccccc2)c1. The van der Waals surface area contributed by atoms with Gasteiger partial charge in [-0.05, 0) is 60.7 Å². The maximum absolute atomic E-state index is 12.1. The van der Waals surface area contributed by atoms with Crippen LogP contribution in [0.15, 0.2) is 91.6 Å². The first-order chi connectivity index (χ1) is 19.1. The van der Waals surface area contributed by atoms with Gasteiger partial charge in [-0.3, -0.25) is 4.79 Å². The maximum atomic E-state index is 12.1. The molecule has 0 amide bonds. The van der Waals surface area contributed by atoms with Crippen molar-refractivity contribution in [1.29, 1.82) is 0 Å². The molecular formula is C33H31N5O. The van der Waals surface area contributed by atoms with Crippen molar-refractivity contribution in [2.45, 2.75) is 32.1 Å². The van der Waals surface area contributed by atoms with Gasteiger partial charge in [-0.25, -0.2) is 14.8 Å². The second-order valence-corrected chi connectivity index (χ2v) is 9.80. The fourth-order valence-electron chi connectivity index (χ4n) is 4.97. The summed E-state index contributed by atoms with van der Waals surface area (Å²) in [6, 6.07) is 24.1. The van der Waals surface area contributed by atoms with Crippen molar-refractivity contribution in [3.05, 3.63) is 120 Å². The minimum atomic E-state index is -0.0915. The van der Waals surface area contributed by atoms with Crippen LogP contribution in [0.3, 0.4) is 0 Å². The lowest BCUT2D eigenvalue weighted by molar-refractivity contribution is -0.114. The quantitative estimate of drug-likeness (QED) is 0.188. The number of hydrogen-bond donors (Lipinski definition) is 1. The molecule has 39 heavy (non-hydrogen) atoms. The van der Waals surface area contributed by atoms with Crippen LogP contribution in [0.25, 0.3) is 16.1 Å². The normalized spacial score (nSPS) is 12.9. The van der Waals surface area contributed by atoms with Crippen molar-refractivity contribution in [1.82, 2.24) is 9.97 Å². The van der Waals surface area contributed by atoms with Crippen LogP contribution in [0.4, 0.5) is 23.0 Å². The van der Waals surface area contributed by atoms with E-state index in [1.165, 1.54) is 31.0 Å². The minimum Gasteiger partial charge on any atom is -0.371 e. The molecule has 1 fully saturated rings. The number of allylic oxidation sites excluding steroid dienone is 1. The molecule has 0 radical (unpaired) electrons. The Balaban J connectivity index is 1.52. The zero-order valence-electron chi connectivity index (χ0n) is 21.9. The van der Waals surface area contributed by atoms with E-state index in [-0.39, 0.29) is 12.2 Å². The maximum Gasteiger partial charge on any atom is 0.227 e. The minimum absolute atomic E-state index is 0.0915. The number of nitrogens with zero attached hydrogens (tertiary/aromatic N) is 4. The molecule has 1 saturated heterocycles. The van der Waals surface area contributed by atoms with Gasteiger partial charge in [-0.1, -0.05) is 60.7 Å². The van der Waals surface area contributed by atoms with E-state index >= 15 is 0 Å². The van der Waals surface area contributed by atoms with Crippen LogP contribution >= 0.6 is 0 Å². The molecule has 0 saturated carbocycles. The molecule has 0 spiro atoms. The van der Waals surface area contributed by atoms with Crippen molar-refractivity contribution in [3.63, 3.8) is 0 Å². The standard InChI is InChI=1S/C33H31N5O/c1-3-31(39)20-25-18-26(21-29(19-25)34-2)32-27(17-24-11-6-4-7-12-24)23-35-33(37-32)36-28-13-10-14-30(22-28)38-15-8-5-9-16-38/h3-4,6-7,10-14,18-19,21-23H,1,5,8-9,15-17,20H2,(H,35,36,37). The van der Waals surface area contributed by atoms with Crippen molar-refractivity contribution in [2.75, 3.05) is 23.3 Å². The second kappa shape index (κ2) is 12.2. The van der Waals surface area contributed by atoms with Gasteiger partial charge in [0.25, 0.3) is 0 Å². The fourth-order valence-corrected chi connectivity index (χ4v) is 4.97. The second-order valence-electron chi connectivity index (χ2n) is 9.80. The van der Waals surface area contributed by atoms with Crippen LogP contribution in [0.1, 0.15) is 36.0 Å². The molecule has 0 unspecified atom stereocenters. The fraction of sp³-hybridized carbons (Fsp3) is 0.212. The number of ketones is 1. The molecule has 5 rings (SSSR count). The summed E-state index contributed by atoms with van der Waals surface area (Å²) in [7, 11) is 0. The molecular weight excluding hydrogens is 482 g/mol. The summed E-state index contributed by atoms with van der Waals surface area (Å²) in [5.74, 6) is 0.390. The van der Waals surface area contributed by atoms with E-state index in [0.717, 1.165) is 46.7 Å². The number of benzene rings is 3. The van der Waals surface area contributed by atoms with Crippen molar-refractivity contribution < 1.29 is 4.79 Å². The van der Waals surface area contributed by atoms with Crippen LogP contribution < -0.4 is 10.2 Å². The van der Waals surface area contributed by atoms with Crippen LogP contribution in [0.5, 0.6) is 0 Å². The third-order valence-corrected chi connectivity index (χ3v) is 6.91. The highest BCUT2D eigenvalue weighted by Crippen LogP contribution is 2.31. The number of nitrogens with one attached hydrogen (secondary N) is 1. The van der Waals surface area contributed by atoms with E-state index in [0.29, 0.717) is 18.1 Å². The van der Waals surface area contributed by atoms with Crippen molar-refractivity contribution >= 4 is 28.8 Å². The van der Waals surface area contributed by atoms with Gasteiger partial charge in [0.05, 0.1) is 12.3 Å². The van der Waals surface area contributed by atoms with E-state index in [1.54, 1.807) is 6.07 Å². The summed E-state index contributed by atoms with van der Waals surface area (Å²) >= 11 is 0. The van der Waals surface area contributed by atoms with Gasteiger partial charge in [0.15, 0.2) is 11.5 Å². The molecule has 3 aromatic carbocycles. The molecule has 1 N–H and O–H groups in total. The molecule has 4 aromatic rings. The van der Waals surface area contributed by atoms with Gasteiger partial charge in [0.2, 0.25) is 5.95 Å². The number of anilines is 3. The Morgan fingerprint density at radius 1 is 1.00 bits per heavy atom. The first kappa shape index (κ1) is 25.9. The van der Waals surface area contributed by atoms with Crippen LogP contribution in [-0.2, 0) is 17.6 Å². The van der Waals surface area contributed by atoms with Crippen molar-refractivity contribution in [3.8, 4) is 11.3 Å². The average Bonchev–Trinajstić information content (AvgIpc) is 2.98. The predicted molar refractivity (Wildman–Crippen MR) is 158 cm³/mol. The molecule has 1 aliphatic rings. The summed E-state index contributed by atoms with van der Waals surface area (Å²) in [5, 5.41) is 3.39. The molecule has 194 valence electrons. The topological polar surface area (TPSA) is 62.5 Å². The van der Waals surface area contributed by atoms with E-state index in [9.17, 15) is 4.79 Å². The summed E-state index contributed by atoms with van der Waals surface area (Å²) < 4.78 is 0. The molecule has 6 heteroatoms. The first-order valence-electron chi connectivity index (χ1n) is 13.3. The van der Waals surface area contributed by atoms with Crippen LogP contribution in [0, 0.1) is 6.57 Å². The molecule has 1 aromatic heterocycles. The third kappa shape index (κ3) is 6.58. The number of aromatic nitrogens is 2. The Hall–Kier alpha value is -4.76. The highest BCUT2D eigenvalue weighted by atomic mass is 16.1. The Morgan fingerprint density at radius 2 is 1.82 bits per heavy atom. The molecule has 1 aliphatic heterocycles. The predicted octanol–water partition coefficient (Wildman–Crippen LogP) is 7.32. The molecule has 0 aliphatic carbocycles. The zero-order valence-corrected chi connectivity index (χ0v) is 21.9. The number of carbonyl (C=O) groups excluding carboxylic acids is 1. The van der Waals surface area contributed by atoms with Gasteiger partial charge in [0, 0.05) is 49.1 Å². The lowest BCUT2D eigenvalue weighted by atomic mass is 9.97. The average molecular weight is 514 g/mol. The van der Waals surface area contributed by atoms with Gasteiger partial charge in [-0.15, -0.1) is 0 Å². The summed E-state index contributed by atoms with van der Waals surface area (Å²) in [4.78, 5) is 27.8. The molecule has 0 atom stereocenters. The molecule has 2 heterocycles. The Morgan fingerprint density at radius 3 is 2.59 bits per heavy atom. The van der Waals surface area contributed by atoms with E-state index in [4.69, 9.17) is 11.6 Å². The number of piperidine rings is 1. The molecule has 0 bridgehead atoms. The Labute approximate surface area is 229 Å². The van der Waals surface area contributed by atoms with E-state index in [2.05, 4.69) is 57.0 Å². The van der Waals surface area contributed by atoms with Gasteiger partial charge in [0.1, 0.15) is 0 Å². The Kier molecular flexibility index (Phi) is 8.09. The largest absolute Gasteiger partial charge is 0.371 e. The highest BCUT2D eigenvalue weighted by molar-refractivity contribution is 5.91. The van der Waals surface area contributed by atoms with Crippen LogP contribution in [-0.4, -0.2) is 28.8 Å². The number of carbonyl (C=O) groups is 1. The van der Waals surface area contributed by atoms with Gasteiger partial charge in [-0.2, -0.15) is 0 Å². The lowest BCUT2D eigenvalue weighted by Gasteiger charge is -2.29. The zero-order chi connectivity index (χ0) is 27.0. The summed E-state index contributed by atoms with van der Waals surface area (Å²) in [5.41, 5.74) is 6.95. The van der Waals surface area contributed by atoms with Crippen LogP contribution in [0.2, 0.25) is 0 Å². The molecule has 6 nitrogen and oxygen atoms in total. The first-order valence-corrected chi connectivity index (χ1v) is 13.3. The Bertz CT molecular complexity index is 1520. The lowest BCUT2D eigenvalue weighted by Crippen LogP contribution is -2.29. The highest BCUT2D eigenvalue weighted by Gasteiger charge is 2.15. The summed E-state index contributed by atoms with van der Waals surface area (Å²) in [6.45, 7) is 13.4. The van der Waals surface area contributed by atoms with Gasteiger partial charge >= 0.3 is 0 Å². The van der Waals surface area contributed by atoms with Gasteiger partial charge < -0.3 is 10.2 Å². The third-order valence-electron chi connectivity index (χ3n) is 6.91. The monoisotopic (exact) mass is 513 g/mol. The summed E-state index contributed by atoms with van der Waals surface area (Å²) in [6.07, 6.45) is 7.73. The van der Waals surface area contributed by atoms with E-state index in [1.807, 2.05) is 42.6 Å².